The summed E-state index contributed by atoms with van der Waals surface area (Å²) in [6.45, 7) is 11.4. The molecule has 0 rings (SSSR count). The van der Waals surface area contributed by atoms with E-state index >= 15 is 0 Å². The monoisotopic (exact) mass is 1030 g/mol. The van der Waals surface area contributed by atoms with Crippen LogP contribution in [0.15, 0.2) is 24.5 Å². The number of rotatable bonds is 49. The predicted molar refractivity (Wildman–Crippen MR) is 243 cm³/mol. The van der Waals surface area contributed by atoms with E-state index in [0.717, 1.165) is 5.57 Å². The van der Waals surface area contributed by atoms with Gasteiger partial charge in [0.1, 0.15) is 53.5 Å². The molecular formula is C41H70N8O22. The number of aliphatic carboxylic acids is 4. The van der Waals surface area contributed by atoms with Gasteiger partial charge in [0, 0.05) is 58.9 Å². The molecule has 30 nitrogen and oxygen atoms in total. The summed E-state index contributed by atoms with van der Waals surface area (Å²) in [5.41, 5.74) is 0.750. The Kier molecular flexibility index (Phi) is 42.1. The molecule has 71 heavy (non-hydrogen) atoms. The molecule has 0 aliphatic rings. The normalized spacial score (nSPS) is 10.8. The Balaban J connectivity index is 0. The summed E-state index contributed by atoms with van der Waals surface area (Å²) in [7, 11) is 0. The van der Waals surface area contributed by atoms with Crippen molar-refractivity contribution in [2.45, 2.75) is 20.3 Å². The number of ether oxygens (including phenoxy) is 7. The smallest absolute Gasteiger partial charge is 0.320 e. The standard InChI is InChI=1S/C21H37N5O10.C20H33N3O12/c1-18(2)36-13-23-4-3-9-35-19(22)10-25(12-21(31)32)7-5-24(11-20(29)30)6-8-26(14-33-16-27)15-34-17-28;1-17(2)12-35-34-8-7-33-20(30)11-22(10-19(28)29)5-3-21(9-18(26)27)4-6-23(13-31-15-24)14-32-16-25/h16-17,22-23H,1,3-15H2,2H3,(H,29,30)(H,31,32);15-16H,1,3-14H2,2H3,(H,26,27)(H,28,29). The van der Waals surface area contributed by atoms with Crippen molar-refractivity contribution in [1.29, 1.82) is 5.41 Å². The molecule has 0 unspecified atom stereocenters. The molecule has 0 heterocycles. The number of carbonyl (C=O) groups is 9. The third kappa shape index (κ3) is 45.8. The maximum atomic E-state index is 12.0. The van der Waals surface area contributed by atoms with Crippen molar-refractivity contribution in [2.24, 2.45) is 0 Å². The van der Waals surface area contributed by atoms with Gasteiger partial charge < -0.3 is 53.6 Å². The van der Waals surface area contributed by atoms with E-state index in [-0.39, 0.29) is 170 Å². The number of nitrogens with zero attached hydrogens (tertiary/aromatic N) is 6. The lowest BCUT2D eigenvalue weighted by atomic mass is 10.3. The van der Waals surface area contributed by atoms with Gasteiger partial charge in [-0.05, 0) is 20.3 Å². The molecule has 0 amide bonds. The van der Waals surface area contributed by atoms with Gasteiger partial charge in [0.15, 0.2) is 5.90 Å². The molecule has 0 aromatic rings. The maximum Gasteiger partial charge on any atom is 0.320 e. The summed E-state index contributed by atoms with van der Waals surface area (Å²) in [5.74, 6) is -4.69. The average Bonchev–Trinajstić information content (AvgIpc) is 3.29. The first-order valence-corrected chi connectivity index (χ1v) is 21.5. The fourth-order valence-corrected chi connectivity index (χ4v) is 5.25. The van der Waals surface area contributed by atoms with Crippen molar-refractivity contribution in [3.8, 4) is 0 Å². The van der Waals surface area contributed by atoms with E-state index in [4.69, 9.17) is 34.5 Å². The summed E-state index contributed by atoms with van der Waals surface area (Å²) >= 11 is 0. The number of hydrogen-bond donors (Lipinski definition) is 6. The van der Waals surface area contributed by atoms with Gasteiger partial charge in [-0.3, -0.25) is 73.5 Å². The second kappa shape index (κ2) is 44.8. The highest BCUT2D eigenvalue weighted by Gasteiger charge is 2.20. The van der Waals surface area contributed by atoms with E-state index in [1.807, 2.05) is 0 Å². The number of carbonyl (C=O) groups excluding carboxylic acids is 5. The van der Waals surface area contributed by atoms with Crippen molar-refractivity contribution >= 4 is 61.6 Å². The zero-order valence-electron chi connectivity index (χ0n) is 40.2. The number of nitrogens with one attached hydrogen (secondary N) is 2. The summed E-state index contributed by atoms with van der Waals surface area (Å²) in [4.78, 5) is 117. The Morgan fingerprint density at radius 1 is 0.507 bits per heavy atom. The third-order valence-corrected chi connectivity index (χ3v) is 8.40. The van der Waals surface area contributed by atoms with Crippen LogP contribution in [0.3, 0.4) is 0 Å². The summed E-state index contributed by atoms with van der Waals surface area (Å²) in [6, 6.07) is 0. The van der Waals surface area contributed by atoms with Crippen molar-refractivity contribution in [2.75, 3.05) is 158 Å². The second-order valence-corrected chi connectivity index (χ2v) is 14.8. The summed E-state index contributed by atoms with van der Waals surface area (Å²) in [6.07, 6.45) is 0.603. The van der Waals surface area contributed by atoms with Gasteiger partial charge in [-0.25, -0.2) is 19.6 Å². The van der Waals surface area contributed by atoms with Crippen LogP contribution in [0.2, 0.25) is 0 Å². The van der Waals surface area contributed by atoms with Crippen molar-refractivity contribution in [3.05, 3.63) is 24.5 Å². The maximum absolute atomic E-state index is 12.0. The Bertz CT molecular complexity index is 1570. The number of allylic oxidation sites excluding steroid dienone is 1. The average molecular weight is 1030 g/mol. The number of hydrogen-bond acceptors (Lipinski definition) is 26. The fraction of sp³-hybridized carbons (Fsp3) is 0.659. The SMILES string of the molecule is C=C(C)COOCCOC(=O)CN(CCN(CCN(COC=O)COC=O)CC(=O)O)CC(=O)O.C=C(C)OCNCCCOC(=N)CN(CCN(CCN(COC=O)COC=O)CC(=O)O)CC(=O)O. The first kappa shape index (κ1) is 66.7. The van der Waals surface area contributed by atoms with Gasteiger partial charge in [-0.15, -0.1) is 0 Å². The van der Waals surface area contributed by atoms with E-state index < -0.39 is 36.4 Å². The highest BCUT2D eigenvalue weighted by atomic mass is 17.2. The molecule has 0 atom stereocenters. The molecule has 406 valence electrons. The zero-order chi connectivity index (χ0) is 53.7. The zero-order valence-corrected chi connectivity index (χ0v) is 40.2. The summed E-state index contributed by atoms with van der Waals surface area (Å²) in [5, 5.41) is 47.7. The van der Waals surface area contributed by atoms with Crippen molar-refractivity contribution in [1.82, 2.24) is 34.7 Å². The molecule has 0 saturated carbocycles. The Labute approximate surface area is 410 Å². The molecule has 0 aliphatic heterocycles. The first-order valence-electron chi connectivity index (χ1n) is 21.5. The second-order valence-electron chi connectivity index (χ2n) is 14.8. The van der Waals surface area contributed by atoms with Crippen LogP contribution in [-0.2, 0) is 86.1 Å². The Hall–Kier alpha value is -6.38. The molecule has 0 saturated heterocycles. The molecule has 0 aromatic carbocycles. The molecule has 0 radical (unpaired) electrons. The highest BCUT2D eigenvalue weighted by Crippen LogP contribution is 2.01. The Morgan fingerprint density at radius 3 is 1.30 bits per heavy atom. The molecule has 0 spiro atoms. The molecule has 0 aliphatic carbocycles. The molecule has 30 heteroatoms. The number of carboxylic acids is 4. The van der Waals surface area contributed by atoms with Crippen LogP contribution in [0.5, 0.6) is 0 Å². The molecule has 0 bridgehead atoms. The van der Waals surface area contributed by atoms with Gasteiger partial charge in [-0.2, -0.15) is 0 Å². The molecular weight excluding hydrogens is 956 g/mol. The lowest BCUT2D eigenvalue weighted by Crippen LogP contribution is -2.44. The largest absolute Gasteiger partial charge is 0.484 e. The van der Waals surface area contributed by atoms with E-state index in [1.165, 1.54) is 24.5 Å². The van der Waals surface area contributed by atoms with E-state index in [2.05, 4.69) is 37.4 Å². The van der Waals surface area contributed by atoms with Crippen LogP contribution < -0.4 is 5.32 Å². The van der Waals surface area contributed by atoms with Crippen LogP contribution in [0.1, 0.15) is 20.3 Å². The fourth-order valence-electron chi connectivity index (χ4n) is 5.25. The van der Waals surface area contributed by atoms with E-state index in [0.29, 0.717) is 25.5 Å². The minimum atomic E-state index is -1.18. The van der Waals surface area contributed by atoms with Gasteiger partial charge in [0.2, 0.25) is 0 Å². The third-order valence-electron chi connectivity index (χ3n) is 8.40. The first-order chi connectivity index (χ1) is 33.8. The van der Waals surface area contributed by atoms with Crippen molar-refractivity contribution in [3.63, 3.8) is 0 Å². The highest BCUT2D eigenvalue weighted by molar-refractivity contribution is 5.76. The van der Waals surface area contributed by atoms with E-state index in [9.17, 15) is 58.5 Å². The van der Waals surface area contributed by atoms with Crippen LogP contribution >= 0.6 is 0 Å². The predicted octanol–water partition coefficient (Wildman–Crippen LogP) is -2.81. The number of esters is 1. The van der Waals surface area contributed by atoms with Gasteiger partial charge in [-0.1, -0.05) is 18.7 Å². The van der Waals surface area contributed by atoms with Gasteiger partial charge in [0.05, 0.1) is 51.6 Å². The van der Waals surface area contributed by atoms with Gasteiger partial charge >= 0.3 is 29.8 Å². The lowest BCUT2D eigenvalue weighted by molar-refractivity contribution is -0.291. The van der Waals surface area contributed by atoms with Gasteiger partial charge in [0.25, 0.3) is 25.9 Å². The topological polar surface area (TPSA) is 373 Å². The quantitative estimate of drug-likeness (QED) is 0.00306. The molecule has 0 aromatic heterocycles. The van der Waals surface area contributed by atoms with Crippen molar-refractivity contribution < 1.29 is 107 Å². The number of carboxylic acid groups (broad SMARTS) is 4. The molecule has 0 fully saturated rings. The van der Waals surface area contributed by atoms with Crippen LogP contribution in [0.25, 0.3) is 0 Å². The molecule has 6 N–H and O–H groups in total. The van der Waals surface area contributed by atoms with Crippen LogP contribution in [0.4, 0.5) is 0 Å². The minimum Gasteiger partial charge on any atom is -0.484 e. The summed E-state index contributed by atoms with van der Waals surface area (Å²) < 4.78 is 34.1. The van der Waals surface area contributed by atoms with E-state index in [1.54, 1.807) is 18.7 Å². The van der Waals surface area contributed by atoms with Crippen LogP contribution in [0, 0.1) is 5.41 Å². The lowest BCUT2D eigenvalue weighted by Gasteiger charge is -2.28. The minimum absolute atomic E-state index is 0.0253. The van der Waals surface area contributed by atoms with Crippen LogP contribution in [-0.4, -0.2) is 270 Å². The Morgan fingerprint density at radius 2 is 0.901 bits per heavy atom.